The molecule has 1 heterocycles. The molecule has 2 aromatic carbocycles. The number of ether oxygens (including phenoxy) is 1. The van der Waals surface area contributed by atoms with Gasteiger partial charge in [0.25, 0.3) is 0 Å². The van der Waals surface area contributed by atoms with Crippen molar-refractivity contribution in [3.63, 3.8) is 0 Å². The second kappa shape index (κ2) is 5.05. The van der Waals surface area contributed by atoms with Crippen LogP contribution in [0.2, 0.25) is 0 Å². The van der Waals surface area contributed by atoms with Crippen LogP contribution in [0.5, 0.6) is 5.75 Å². The van der Waals surface area contributed by atoms with Gasteiger partial charge < -0.3 is 15.0 Å². The van der Waals surface area contributed by atoms with Crippen LogP contribution < -0.4 is 10.1 Å². The number of hydrogen-bond donors (Lipinski definition) is 2. The summed E-state index contributed by atoms with van der Waals surface area (Å²) in [6.07, 6.45) is 2.47. The summed E-state index contributed by atoms with van der Waals surface area (Å²) in [6.45, 7) is 0.911. The second-order valence-electron chi connectivity index (χ2n) is 5.97. The Kier molecular flexibility index (Phi) is 3.03. The fraction of sp³-hybridized carbons (Fsp3) is 0.278. The maximum atomic E-state index is 5.25. The zero-order valence-electron chi connectivity index (χ0n) is 12.6. The summed E-state index contributed by atoms with van der Waals surface area (Å²) < 4.78 is 5.25. The monoisotopic (exact) mass is 293 g/mol. The van der Waals surface area contributed by atoms with E-state index in [4.69, 9.17) is 4.74 Å². The Morgan fingerprint density at radius 3 is 2.73 bits per heavy atom. The molecule has 4 heteroatoms. The minimum atomic E-state index is 0.276. The predicted octanol–water partition coefficient (Wildman–Crippen LogP) is 3.72. The van der Waals surface area contributed by atoms with Gasteiger partial charge in [0.05, 0.1) is 18.1 Å². The quantitative estimate of drug-likeness (QED) is 0.754. The SMILES string of the molecule is COc1ccc2nc(NCC3(c4ccccc4)CC3)[nH]c2c1. The van der Waals surface area contributed by atoms with Crippen LogP contribution in [0.25, 0.3) is 11.0 Å². The Morgan fingerprint density at radius 2 is 2.00 bits per heavy atom. The molecule has 1 saturated carbocycles. The largest absolute Gasteiger partial charge is 0.497 e. The van der Waals surface area contributed by atoms with Gasteiger partial charge in [0.1, 0.15) is 5.75 Å². The number of aromatic amines is 1. The van der Waals surface area contributed by atoms with Crippen LogP contribution >= 0.6 is 0 Å². The van der Waals surface area contributed by atoms with Crippen molar-refractivity contribution in [3.05, 3.63) is 54.1 Å². The average Bonchev–Trinajstić information content (AvgIpc) is 3.26. The zero-order valence-corrected chi connectivity index (χ0v) is 12.6. The molecule has 0 aliphatic heterocycles. The Morgan fingerprint density at radius 1 is 1.18 bits per heavy atom. The highest BCUT2D eigenvalue weighted by atomic mass is 16.5. The second-order valence-corrected chi connectivity index (χ2v) is 5.97. The van der Waals surface area contributed by atoms with Crippen molar-refractivity contribution in [1.29, 1.82) is 0 Å². The topological polar surface area (TPSA) is 49.9 Å². The van der Waals surface area contributed by atoms with Crippen molar-refractivity contribution in [1.82, 2.24) is 9.97 Å². The summed E-state index contributed by atoms with van der Waals surface area (Å²) in [4.78, 5) is 7.91. The van der Waals surface area contributed by atoms with Gasteiger partial charge in [0, 0.05) is 18.0 Å². The lowest BCUT2D eigenvalue weighted by atomic mass is 9.96. The van der Waals surface area contributed by atoms with Gasteiger partial charge in [-0.2, -0.15) is 0 Å². The minimum Gasteiger partial charge on any atom is -0.497 e. The zero-order chi connectivity index (χ0) is 15.0. The molecule has 1 aliphatic rings. The molecule has 0 bridgehead atoms. The highest BCUT2D eigenvalue weighted by Crippen LogP contribution is 2.48. The fourth-order valence-corrected chi connectivity index (χ4v) is 2.96. The number of nitrogens with one attached hydrogen (secondary N) is 2. The van der Waals surface area contributed by atoms with E-state index >= 15 is 0 Å². The van der Waals surface area contributed by atoms with E-state index < -0.39 is 0 Å². The lowest BCUT2D eigenvalue weighted by Gasteiger charge is -2.16. The van der Waals surface area contributed by atoms with E-state index in [1.165, 1.54) is 18.4 Å². The van der Waals surface area contributed by atoms with Gasteiger partial charge in [-0.15, -0.1) is 0 Å². The molecule has 0 saturated heterocycles. The van der Waals surface area contributed by atoms with E-state index in [-0.39, 0.29) is 5.41 Å². The number of anilines is 1. The number of aromatic nitrogens is 2. The van der Waals surface area contributed by atoms with Crippen molar-refractivity contribution in [2.45, 2.75) is 18.3 Å². The van der Waals surface area contributed by atoms with Crippen LogP contribution in [0.15, 0.2) is 48.5 Å². The Bertz CT molecular complexity index is 790. The van der Waals surface area contributed by atoms with Crippen molar-refractivity contribution >= 4 is 17.0 Å². The molecule has 1 aliphatic carbocycles. The minimum absolute atomic E-state index is 0.276. The third-order valence-corrected chi connectivity index (χ3v) is 4.52. The molecule has 0 unspecified atom stereocenters. The average molecular weight is 293 g/mol. The van der Waals surface area contributed by atoms with Gasteiger partial charge in [-0.1, -0.05) is 30.3 Å². The molecule has 1 fully saturated rings. The number of H-pyrrole nitrogens is 1. The third kappa shape index (κ3) is 2.30. The highest BCUT2D eigenvalue weighted by Gasteiger charge is 2.43. The molecular weight excluding hydrogens is 274 g/mol. The first-order chi connectivity index (χ1) is 10.8. The normalized spacial score (nSPS) is 15.7. The van der Waals surface area contributed by atoms with E-state index in [0.717, 1.165) is 29.3 Å². The van der Waals surface area contributed by atoms with Crippen molar-refractivity contribution < 1.29 is 4.74 Å². The fourth-order valence-electron chi connectivity index (χ4n) is 2.96. The first-order valence-electron chi connectivity index (χ1n) is 7.62. The van der Waals surface area contributed by atoms with Gasteiger partial charge in [-0.05, 0) is 30.5 Å². The van der Waals surface area contributed by atoms with Crippen molar-refractivity contribution in [2.24, 2.45) is 0 Å². The van der Waals surface area contributed by atoms with Crippen molar-refractivity contribution in [3.8, 4) is 5.75 Å². The van der Waals surface area contributed by atoms with Crippen LogP contribution in [0.3, 0.4) is 0 Å². The smallest absolute Gasteiger partial charge is 0.201 e. The standard InChI is InChI=1S/C18H19N3O/c1-22-14-7-8-15-16(11-14)21-17(20-15)19-12-18(9-10-18)13-5-3-2-4-6-13/h2-8,11H,9-10,12H2,1H3,(H2,19,20,21). The van der Waals surface area contributed by atoms with Gasteiger partial charge >= 0.3 is 0 Å². The number of rotatable bonds is 5. The molecule has 22 heavy (non-hydrogen) atoms. The molecule has 0 radical (unpaired) electrons. The van der Waals surface area contributed by atoms with E-state index in [9.17, 15) is 0 Å². The van der Waals surface area contributed by atoms with Crippen LogP contribution in [-0.2, 0) is 5.41 Å². The summed E-state index contributed by atoms with van der Waals surface area (Å²) in [5.41, 5.74) is 3.64. The molecule has 1 aromatic heterocycles. The molecule has 4 rings (SSSR count). The first-order valence-corrected chi connectivity index (χ1v) is 7.62. The molecule has 2 N–H and O–H groups in total. The summed E-state index contributed by atoms with van der Waals surface area (Å²) >= 11 is 0. The van der Waals surface area contributed by atoms with Gasteiger partial charge in [-0.3, -0.25) is 0 Å². The Balaban J connectivity index is 1.52. The predicted molar refractivity (Wildman–Crippen MR) is 88.5 cm³/mol. The molecule has 0 atom stereocenters. The van der Waals surface area contributed by atoms with Crippen LogP contribution in [0, 0.1) is 0 Å². The lowest BCUT2D eigenvalue weighted by Crippen LogP contribution is -2.20. The summed E-state index contributed by atoms with van der Waals surface area (Å²) in [7, 11) is 1.67. The van der Waals surface area contributed by atoms with Gasteiger partial charge in [0.15, 0.2) is 0 Å². The first kappa shape index (κ1) is 13.2. The highest BCUT2D eigenvalue weighted by molar-refractivity contribution is 5.79. The van der Waals surface area contributed by atoms with Crippen LogP contribution in [-0.4, -0.2) is 23.6 Å². The molecule has 0 spiro atoms. The summed E-state index contributed by atoms with van der Waals surface area (Å²) in [5.74, 6) is 1.66. The molecular formula is C18H19N3O. The number of fused-ring (bicyclic) bond motifs is 1. The number of benzene rings is 2. The summed E-state index contributed by atoms with van der Waals surface area (Å²) in [6, 6.07) is 16.6. The maximum absolute atomic E-state index is 5.25. The van der Waals surface area contributed by atoms with E-state index in [1.807, 2.05) is 18.2 Å². The molecule has 112 valence electrons. The summed E-state index contributed by atoms with van der Waals surface area (Å²) in [5, 5.41) is 3.47. The number of nitrogens with zero attached hydrogens (tertiary/aromatic N) is 1. The third-order valence-electron chi connectivity index (χ3n) is 4.52. The van der Waals surface area contributed by atoms with Crippen molar-refractivity contribution in [2.75, 3.05) is 19.0 Å². The van der Waals surface area contributed by atoms with Gasteiger partial charge in [0.2, 0.25) is 5.95 Å². The van der Waals surface area contributed by atoms with Crippen LogP contribution in [0.1, 0.15) is 18.4 Å². The number of methoxy groups -OCH3 is 1. The molecule has 0 amide bonds. The maximum Gasteiger partial charge on any atom is 0.201 e. The van der Waals surface area contributed by atoms with Gasteiger partial charge in [-0.25, -0.2) is 4.98 Å². The van der Waals surface area contributed by atoms with E-state index in [2.05, 4.69) is 45.6 Å². The lowest BCUT2D eigenvalue weighted by molar-refractivity contribution is 0.415. The van der Waals surface area contributed by atoms with E-state index in [0.29, 0.717) is 0 Å². The van der Waals surface area contributed by atoms with Crippen LogP contribution in [0.4, 0.5) is 5.95 Å². The Labute approximate surface area is 129 Å². The molecule has 4 nitrogen and oxygen atoms in total. The number of imidazole rings is 1. The molecule has 3 aromatic rings. The number of hydrogen-bond acceptors (Lipinski definition) is 3. The van der Waals surface area contributed by atoms with E-state index in [1.54, 1.807) is 7.11 Å². The Hall–Kier alpha value is -2.49.